The molecule has 0 rings (SSSR count). The van der Waals surface area contributed by atoms with Gasteiger partial charge in [0.05, 0.1) is 0 Å². The fourth-order valence-electron chi connectivity index (χ4n) is 0.167. The molecule has 0 aliphatic carbocycles. The second kappa shape index (κ2) is 5.65. The Labute approximate surface area is 50.7 Å². The van der Waals surface area contributed by atoms with Gasteiger partial charge in [-0.3, -0.25) is 0 Å². The quantitative estimate of drug-likeness (QED) is 0.374. The van der Waals surface area contributed by atoms with Gasteiger partial charge in [0, 0.05) is 12.0 Å². The standard InChI is InChI=1S/C5H9N.ClH/c1-5(2)3-4-6;/h5H,6H2,1-2H3;1H. The summed E-state index contributed by atoms with van der Waals surface area (Å²) >= 11 is 0. The Morgan fingerprint density at radius 3 is 1.86 bits per heavy atom. The maximum absolute atomic E-state index is 4.87. The van der Waals surface area contributed by atoms with Crippen LogP contribution in [0.2, 0.25) is 0 Å². The second-order valence-electron chi connectivity index (χ2n) is 1.44. The zero-order valence-corrected chi connectivity index (χ0v) is 5.38. The molecule has 0 heterocycles. The van der Waals surface area contributed by atoms with Crippen molar-refractivity contribution >= 4 is 12.4 Å². The highest BCUT2D eigenvalue weighted by Crippen LogP contribution is 1.82. The van der Waals surface area contributed by atoms with Crippen molar-refractivity contribution in [3.63, 3.8) is 0 Å². The summed E-state index contributed by atoms with van der Waals surface area (Å²) in [5.41, 5.74) is 4.87. The van der Waals surface area contributed by atoms with Crippen LogP contribution in [0, 0.1) is 17.9 Å². The molecule has 0 radical (unpaired) electrons. The van der Waals surface area contributed by atoms with Crippen molar-refractivity contribution < 1.29 is 0 Å². The van der Waals surface area contributed by atoms with Gasteiger partial charge in [-0.1, -0.05) is 19.8 Å². The van der Waals surface area contributed by atoms with E-state index < -0.39 is 0 Å². The lowest BCUT2D eigenvalue weighted by molar-refractivity contribution is 0.866. The molecule has 0 saturated heterocycles. The lowest BCUT2D eigenvalue weighted by Gasteiger charge is -1.81. The fraction of sp³-hybridized carbons (Fsp3) is 0.600. The molecule has 0 aromatic rings. The summed E-state index contributed by atoms with van der Waals surface area (Å²) in [6, 6.07) is 2.32. The van der Waals surface area contributed by atoms with Crippen molar-refractivity contribution in [2.75, 3.05) is 0 Å². The van der Waals surface area contributed by atoms with Crippen LogP contribution < -0.4 is 5.73 Å². The Kier molecular flexibility index (Phi) is 7.92. The van der Waals surface area contributed by atoms with E-state index in [9.17, 15) is 0 Å². The molecule has 0 aromatic heterocycles. The van der Waals surface area contributed by atoms with Crippen LogP contribution in [-0.4, -0.2) is 0 Å². The zero-order chi connectivity index (χ0) is 4.99. The summed E-state index contributed by atoms with van der Waals surface area (Å²) in [7, 11) is 0. The molecule has 7 heavy (non-hydrogen) atoms. The first-order valence-electron chi connectivity index (χ1n) is 1.98. The van der Waals surface area contributed by atoms with E-state index in [4.69, 9.17) is 5.73 Å². The lowest BCUT2D eigenvalue weighted by Crippen LogP contribution is -1.82. The largest absolute Gasteiger partial charge is 0.359 e. The third kappa shape index (κ3) is 10.7. The molecule has 0 unspecified atom stereocenters. The van der Waals surface area contributed by atoms with Crippen molar-refractivity contribution in [1.82, 2.24) is 0 Å². The molecule has 0 aliphatic heterocycles. The third-order valence-corrected chi connectivity index (χ3v) is 0.372. The molecule has 0 fully saturated rings. The molecule has 0 atom stereocenters. The van der Waals surface area contributed by atoms with Gasteiger partial charge in [0.1, 0.15) is 0 Å². The monoisotopic (exact) mass is 119 g/mol. The molecule has 0 aliphatic rings. The number of rotatable bonds is 0. The minimum Gasteiger partial charge on any atom is -0.359 e. The van der Waals surface area contributed by atoms with Crippen LogP contribution in [0.3, 0.4) is 0 Å². The van der Waals surface area contributed by atoms with E-state index in [0.717, 1.165) is 0 Å². The first-order chi connectivity index (χ1) is 2.77. The highest BCUT2D eigenvalue weighted by molar-refractivity contribution is 5.85. The second-order valence-corrected chi connectivity index (χ2v) is 1.44. The molecule has 1 nitrogen and oxygen atoms in total. The Bertz CT molecular complexity index is 77.8. The summed E-state index contributed by atoms with van der Waals surface area (Å²) in [5.74, 6) is 3.15. The van der Waals surface area contributed by atoms with Crippen LogP contribution in [0.4, 0.5) is 0 Å². The van der Waals surface area contributed by atoms with E-state index >= 15 is 0 Å². The number of hydrogen-bond acceptors (Lipinski definition) is 1. The number of hydrogen-bond donors (Lipinski definition) is 1. The summed E-state index contributed by atoms with van der Waals surface area (Å²) in [6.07, 6.45) is 0. The Morgan fingerprint density at radius 1 is 1.43 bits per heavy atom. The first kappa shape index (κ1) is 9.82. The molecule has 0 spiro atoms. The van der Waals surface area contributed by atoms with Gasteiger partial charge in [0.25, 0.3) is 0 Å². The minimum absolute atomic E-state index is 0. The van der Waals surface area contributed by atoms with E-state index in [1.165, 1.54) is 0 Å². The molecular formula is C5H10ClN. The molecule has 2 heteroatoms. The van der Waals surface area contributed by atoms with E-state index in [2.05, 4.69) is 12.0 Å². The predicted molar refractivity (Wildman–Crippen MR) is 34.0 cm³/mol. The van der Waals surface area contributed by atoms with Crippen molar-refractivity contribution in [1.29, 1.82) is 0 Å². The average Bonchev–Trinajstić information content (AvgIpc) is 1.35. The van der Waals surface area contributed by atoms with Gasteiger partial charge < -0.3 is 5.73 Å². The molecule has 42 valence electrons. The van der Waals surface area contributed by atoms with Crippen molar-refractivity contribution in [2.45, 2.75) is 13.8 Å². The Hall–Kier alpha value is -0.350. The number of halogens is 1. The SMILES string of the molecule is CC(C)C#CN.Cl. The fourth-order valence-corrected chi connectivity index (χ4v) is 0.167. The number of nitrogens with two attached hydrogens (primary N) is 1. The van der Waals surface area contributed by atoms with Gasteiger partial charge in [0.15, 0.2) is 0 Å². The van der Waals surface area contributed by atoms with Crippen molar-refractivity contribution in [3.05, 3.63) is 0 Å². The molecule has 2 N–H and O–H groups in total. The predicted octanol–water partition coefficient (Wildman–Crippen LogP) is 0.984. The van der Waals surface area contributed by atoms with E-state index in [-0.39, 0.29) is 12.4 Å². The minimum atomic E-state index is 0. The lowest BCUT2D eigenvalue weighted by atomic mass is 10.2. The summed E-state index contributed by atoms with van der Waals surface area (Å²) in [6.45, 7) is 4.00. The van der Waals surface area contributed by atoms with Gasteiger partial charge in [-0.25, -0.2) is 0 Å². The van der Waals surface area contributed by atoms with Gasteiger partial charge >= 0.3 is 0 Å². The van der Waals surface area contributed by atoms with Crippen LogP contribution in [0.1, 0.15) is 13.8 Å². The van der Waals surface area contributed by atoms with Crippen LogP contribution in [-0.2, 0) is 0 Å². The highest BCUT2D eigenvalue weighted by atomic mass is 35.5. The molecule has 0 saturated carbocycles. The van der Waals surface area contributed by atoms with Crippen LogP contribution in [0.5, 0.6) is 0 Å². The van der Waals surface area contributed by atoms with E-state index in [0.29, 0.717) is 5.92 Å². The maximum atomic E-state index is 4.87. The van der Waals surface area contributed by atoms with Gasteiger partial charge in [0.2, 0.25) is 0 Å². The Morgan fingerprint density at radius 2 is 1.86 bits per heavy atom. The van der Waals surface area contributed by atoms with Crippen molar-refractivity contribution in [3.8, 4) is 12.0 Å². The topological polar surface area (TPSA) is 26.0 Å². The van der Waals surface area contributed by atoms with Crippen LogP contribution >= 0.6 is 12.4 Å². The maximum Gasteiger partial charge on any atom is 0.0164 e. The Balaban J connectivity index is 0. The normalized spacial score (nSPS) is 6.14. The zero-order valence-electron chi connectivity index (χ0n) is 4.56. The molecular weight excluding hydrogens is 110 g/mol. The van der Waals surface area contributed by atoms with Gasteiger partial charge in [-0.2, -0.15) is 0 Å². The molecule has 0 bridgehead atoms. The van der Waals surface area contributed by atoms with Gasteiger partial charge in [-0.15, -0.1) is 12.4 Å². The van der Waals surface area contributed by atoms with Crippen LogP contribution in [0.15, 0.2) is 0 Å². The smallest absolute Gasteiger partial charge is 0.0164 e. The summed E-state index contributed by atoms with van der Waals surface area (Å²) < 4.78 is 0. The van der Waals surface area contributed by atoms with E-state index in [1.807, 2.05) is 13.8 Å². The highest BCUT2D eigenvalue weighted by Gasteiger charge is 1.76. The molecule has 0 amide bonds. The average molecular weight is 120 g/mol. The first-order valence-corrected chi connectivity index (χ1v) is 1.98. The van der Waals surface area contributed by atoms with E-state index in [1.54, 1.807) is 0 Å². The summed E-state index contributed by atoms with van der Waals surface area (Å²) in [5, 5.41) is 0. The van der Waals surface area contributed by atoms with Crippen LogP contribution in [0.25, 0.3) is 0 Å². The molecule has 0 aromatic carbocycles. The summed E-state index contributed by atoms with van der Waals surface area (Å²) in [4.78, 5) is 0. The van der Waals surface area contributed by atoms with Gasteiger partial charge in [-0.05, 0) is 0 Å². The van der Waals surface area contributed by atoms with Crippen molar-refractivity contribution in [2.24, 2.45) is 11.7 Å². The third-order valence-electron chi connectivity index (χ3n) is 0.372.